The topological polar surface area (TPSA) is 32.3 Å². The van der Waals surface area contributed by atoms with E-state index in [1.165, 1.54) is 44.1 Å². The summed E-state index contributed by atoms with van der Waals surface area (Å²) in [6.07, 6.45) is 8.95. The zero-order chi connectivity index (χ0) is 15.9. The largest absolute Gasteiger partial charge is 0.333 e. The molecule has 1 N–H and O–H groups in total. The molecule has 126 valence electrons. The van der Waals surface area contributed by atoms with Crippen LogP contribution in [0.2, 0.25) is 0 Å². The first kappa shape index (κ1) is 15.5. The number of thiophene rings is 1. The Morgan fingerprint density at radius 2 is 1.91 bits per heavy atom. The van der Waals surface area contributed by atoms with Crippen molar-refractivity contribution >= 4 is 17.4 Å². The quantitative estimate of drug-likeness (QED) is 0.837. The van der Waals surface area contributed by atoms with E-state index < -0.39 is 0 Å². The molecule has 0 aromatic carbocycles. The minimum atomic E-state index is 0.118. The molecular weight excluding hydrogens is 304 g/mol. The second kappa shape index (κ2) is 6.12. The summed E-state index contributed by atoms with van der Waals surface area (Å²) in [5.74, 6) is 2.62. The van der Waals surface area contributed by atoms with Crippen LogP contribution in [-0.2, 0) is 6.54 Å². The van der Waals surface area contributed by atoms with Crippen LogP contribution in [0.15, 0.2) is 16.8 Å². The molecule has 2 amide bonds. The molecule has 1 aromatic heterocycles. The monoisotopic (exact) mass is 332 g/mol. The first-order valence-electron chi connectivity index (χ1n) is 9.24. The van der Waals surface area contributed by atoms with Crippen LogP contribution in [0, 0.1) is 17.8 Å². The van der Waals surface area contributed by atoms with Crippen LogP contribution in [0.5, 0.6) is 0 Å². The maximum absolute atomic E-state index is 13.0. The highest BCUT2D eigenvalue weighted by molar-refractivity contribution is 7.07. The predicted molar refractivity (Wildman–Crippen MR) is 94.5 cm³/mol. The molecule has 1 aromatic rings. The van der Waals surface area contributed by atoms with Crippen LogP contribution in [0.25, 0.3) is 0 Å². The maximum atomic E-state index is 13.0. The summed E-state index contributed by atoms with van der Waals surface area (Å²) >= 11 is 1.71. The minimum Gasteiger partial charge on any atom is -0.333 e. The molecule has 4 fully saturated rings. The van der Waals surface area contributed by atoms with Gasteiger partial charge in [-0.1, -0.05) is 6.92 Å². The Hall–Kier alpha value is -1.03. The number of amides is 2. The van der Waals surface area contributed by atoms with Crippen molar-refractivity contribution in [2.45, 2.75) is 64.0 Å². The van der Waals surface area contributed by atoms with Crippen molar-refractivity contribution in [3.05, 3.63) is 22.4 Å². The fourth-order valence-corrected chi connectivity index (χ4v) is 6.35. The van der Waals surface area contributed by atoms with E-state index in [2.05, 4.69) is 29.1 Å². The van der Waals surface area contributed by atoms with E-state index in [-0.39, 0.29) is 11.6 Å². The van der Waals surface area contributed by atoms with E-state index in [1.807, 2.05) is 4.90 Å². The SMILES string of the molecule is CCCN(Cc1ccsc1)C(=O)NC12CC3CC(CC(C3)C1)C2. The number of hydrogen-bond donors (Lipinski definition) is 1. The Balaban J connectivity index is 1.45. The molecule has 23 heavy (non-hydrogen) atoms. The molecule has 5 rings (SSSR count). The Morgan fingerprint density at radius 3 is 2.43 bits per heavy atom. The van der Waals surface area contributed by atoms with Crippen LogP contribution >= 0.6 is 11.3 Å². The lowest BCUT2D eigenvalue weighted by atomic mass is 9.53. The molecule has 3 nitrogen and oxygen atoms in total. The first-order valence-corrected chi connectivity index (χ1v) is 10.2. The van der Waals surface area contributed by atoms with Gasteiger partial charge in [0.15, 0.2) is 0 Å². The number of urea groups is 1. The lowest BCUT2D eigenvalue weighted by Gasteiger charge is -2.57. The fourth-order valence-electron chi connectivity index (χ4n) is 5.69. The molecule has 0 aliphatic heterocycles. The third-order valence-electron chi connectivity index (χ3n) is 6.14. The highest BCUT2D eigenvalue weighted by Crippen LogP contribution is 2.55. The summed E-state index contributed by atoms with van der Waals surface area (Å²) in [6.45, 7) is 3.74. The van der Waals surface area contributed by atoms with Crippen LogP contribution in [0.4, 0.5) is 4.79 Å². The fraction of sp³-hybridized carbons (Fsp3) is 0.737. The van der Waals surface area contributed by atoms with Gasteiger partial charge in [-0.3, -0.25) is 0 Å². The molecule has 0 unspecified atom stereocenters. The lowest BCUT2D eigenvalue weighted by Crippen LogP contribution is -2.61. The smallest absolute Gasteiger partial charge is 0.318 e. The van der Waals surface area contributed by atoms with Gasteiger partial charge >= 0.3 is 6.03 Å². The number of rotatable bonds is 5. The number of nitrogens with one attached hydrogen (secondary N) is 1. The van der Waals surface area contributed by atoms with Gasteiger partial charge in [-0.05, 0) is 85.1 Å². The van der Waals surface area contributed by atoms with Crippen LogP contribution < -0.4 is 5.32 Å². The van der Waals surface area contributed by atoms with Crippen molar-refractivity contribution in [1.29, 1.82) is 0 Å². The van der Waals surface area contributed by atoms with Gasteiger partial charge in [0.05, 0.1) is 0 Å². The van der Waals surface area contributed by atoms with E-state index in [4.69, 9.17) is 0 Å². The van der Waals surface area contributed by atoms with Crippen LogP contribution in [0.3, 0.4) is 0 Å². The van der Waals surface area contributed by atoms with Gasteiger partial charge < -0.3 is 10.2 Å². The summed E-state index contributed by atoms with van der Waals surface area (Å²) < 4.78 is 0. The number of nitrogens with zero attached hydrogens (tertiary/aromatic N) is 1. The molecule has 0 spiro atoms. The molecule has 4 heteroatoms. The van der Waals surface area contributed by atoms with Crippen molar-refractivity contribution in [2.75, 3.05) is 6.54 Å². The van der Waals surface area contributed by atoms with Crippen molar-refractivity contribution in [3.63, 3.8) is 0 Å². The summed E-state index contributed by atoms with van der Waals surface area (Å²) in [5.41, 5.74) is 1.37. The zero-order valence-electron chi connectivity index (χ0n) is 14.1. The molecule has 4 aliphatic carbocycles. The van der Waals surface area contributed by atoms with E-state index in [1.54, 1.807) is 11.3 Å². The summed E-state index contributed by atoms with van der Waals surface area (Å²) in [5, 5.41) is 7.76. The van der Waals surface area contributed by atoms with Crippen molar-refractivity contribution < 1.29 is 4.79 Å². The standard InChI is InChI=1S/C19H28N2OS/c1-2-4-21(12-14-3-5-23-13-14)18(22)20-19-9-15-6-16(10-19)8-17(7-15)11-19/h3,5,13,15-17H,2,4,6-12H2,1H3,(H,20,22). The number of carbonyl (C=O) groups excluding carboxylic acids is 1. The average Bonchev–Trinajstić information content (AvgIpc) is 2.97. The number of hydrogen-bond acceptors (Lipinski definition) is 2. The highest BCUT2D eigenvalue weighted by Gasteiger charge is 2.51. The molecule has 4 aliphatic rings. The maximum Gasteiger partial charge on any atom is 0.318 e. The van der Waals surface area contributed by atoms with Gasteiger partial charge in [0.25, 0.3) is 0 Å². The predicted octanol–water partition coefficient (Wildman–Crippen LogP) is 4.64. The van der Waals surface area contributed by atoms with Gasteiger partial charge in [-0.15, -0.1) is 0 Å². The third kappa shape index (κ3) is 3.15. The summed E-state index contributed by atoms with van der Waals surface area (Å²) in [4.78, 5) is 15.0. The molecule has 1 heterocycles. The Bertz CT molecular complexity index is 518. The average molecular weight is 333 g/mol. The molecule has 4 saturated carbocycles. The first-order chi connectivity index (χ1) is 11.2. The summed E-state index contributed by atoms with van der Waals surface area (Å²) in [7, 11) is 0. The van der Waals surface area contributed by atoms with Crippen LogP contribution in [0.1, 0.15) is 57.4 Å². The van der Waals surface area contributed by atoms with Crippen molar-refractivity contribution in [1.82, 2.24) is 10.2 Å². The second-order valence-corrected chi connectivity index (χ2v) is 8.96. The number of carbonyl (C=O) groups is 1. The van der Waals surface area contributed by atoms with Gasteiger partial charge in [-0.25, -0.2) is 4.79 Å². The Kier molecular flexibility index (Phi) is 4.12. The third-order valence-corrected chi connectivity index (χ3v) is 6.88. The zero-order valence-corrected chi connectivity index (χ0v) is 14.9. The molecule has 0 atom stereocenters. The van der Waals surface area contributed by atoms with Crippen molar-refractivity contribution in [3.8, 4) is 0 Å². The molecule has 4 bridgehead atoms. The van der Waals surface area contributed by atoms with Crippen LogP contribution in [-0.4, -0.2) is 23.0 Å². The molecular formula is C19H28N2OS. The van der Waals surface area contributed by atoms with E-state index in [9.17, 15) is 4.79 Å². The lowest BCUT2D eigenvalue weighted by molar-refractivity contribution is -0.0158. The van der Waals surface area contributed by atoms with E-state index >= 15 is 0 Å². The Labute approximate surface area is 143 Å². The van der Waals surface area contributed by atoms with Gasteiger partial charge in [0.2, 0.25) is 0 Å². The summed E-state index contributed by atoms with van der Waals surface area (Å²) in [6, 6.07) is 2.30. The van der Waals surface area contributed by atoms with Gasteiger partial charge in [0, 0.05) is 18.6 Å². The minimum absolute atomic E-state index is 0.118. The van der Waals surface area contributed by atoms with E-state index in [0.29, 0.717) is 0 Å². The highest BCUT2D eigenvalue weighted by atomic mass is 32.1. The van der Waals surface area contributed by atoms with Gasteiger partial charge in [0.1, 0.15) is 0 Å². The van der Waals surface area contributed by atoms with Crippen molar-refractivity contribution in [2.24, 2.45) is 17.8 Å². The molecule has 0 saturated heterocycles. The van der Waals surface area contributed by atoms with Gasteiger partial charge in [-0.2, -0.15) is 11.3 Å². The molecule has 0 radical (unpaired) electrons. The Morgan fingerprint density at radius 1 is 1.26 bits per heavy atom. The van der Waals surface area contributed by atoms with E-state index in [0.717, 1.165) is 37.3 Å². The normalized spacial score (nSPS) is 34.6. The second-order valence-electron chi connectivity index (χ2n) is 8.18.